The molecule has 0 aliphatic carbocycles. The van der Waals surface area contributed by atoms with Gasteiger partial charge in [0.15, 0.2) is 23.1 Å². The average Bonchev–Trinajstić information content (AvgIpc) is 3.13. The normalized spacial score (nSPS) is 12.0. The topological polar surface area (TPSA) is 86.0 Å². The molecule has 166 valence electrons. The minimum absolute atomic E-state index is 0.150. The number of ketones is 1. The van der Waals surface area contributed by atoms with Gasteiger partial charge in [-0.2, -0.15) is 0 Å². The van der Waals surface area contributed by atoms with Crippen LogP contribution in [0, 0.1) is 24.3 Å². The van der Waals surface area contributed by atoms with Gasteiger partial charge in [0, 0.05) is 25.1 Å². The number of Topliss-reactive ketones (excluding diaryl/α,β-unsaturated/α-hetero) is 1. The molecule has 3 rings (SSSR count). The van der Waals surface area contributed by atoms with Crippen molar-refractivity contribution < 1.29 is 14.3 Å². The molecule has 32 heavy (non-hydrogen) atoms. The highest BCUT2D eigenvalue weighted by Crippen LogP contribution is 2.31. The number of methoxy groups -OCH3 is 2. The maximum atomic E-state index is 13.0. The smallest absolute Gasteiger partial charge is 0.333 e. The number of hydrogen-bond acceptors (Lipinski definition) is 7. The van der Waals surface area contributed by atoms with Crippen LogP contribution in [-0.4, -0.2) is 42.9 Å². The number of aromatic nitrogens is 2. The lowest BCUT2D eigenvalue weighted by atomic mass is 10.2. The zero-order valence-electron chi connectivity index (χ0n) is 18.5. The Morgan fingerprint density at radius 3 is 2.50 bits per heavy atom. The van der Waals surface area contributed by atoms with Crippen molar-refractivity contribution in [3.05, 3.63) is 44.6 Å². The molecule has 0 saturated heterocycles. The van der Waals surface area contributed by atoms with Gasteiger partial charge in [-0.1, -0.05) is 12.8 Å². The highest BCUT2D eigenvalue weighted by molar-refractivity contribution is 5.80. The van der Waals surface area contributed by atoms with E-state index in [4.69, 9.17) is 15.9 Å². The predicted octanol–water partition coefficient (Wildman–Crippen LogP) is 0.862. The van der Waals surface area contributed by atoms with Crippen molar-refractivity contribution in [3.63, 3.8) is 0 Å². The van der Waals surface area contributed by atoms with E-state index in [0.29, 0.717) is 17.1 Å². The highest BCUT2D eigenvalue weighted by Gasteiger charge is 2.32. The molecule has 0 amide bonds. The van der Waals surface area contributed by atoms with Crippen LogP contribution in [0.4, 0.5) is 11.5 Å². The molecule has 1 aromatic carbocycles. The Bertz CT molecular complexity index is 1270. The summed E-state index contributed by atoms with van der Waals surface area (Å²) in [6.45, 7) is 1.60. The van der Waals surface area contributed by atoms with Crippen LogP contribution < -0.4 is 30.5 Å². The Hall–Kier alpha value is -4.11. The zero-order chi connectivity index (χ0) is 23.4. The summed E-state index contributed by atoms with van der Waals surface area (Å²) in [5.74, 6) is 6.58. The monoisotopic (exact) mass is 436 g/mol. The van der Waals surface area contributed by atoms with Gasteiger partial charge in [0.05, 0.1) is 27.3 Å². The van der Waals surface area contributed by atoms with Crippen molar-refractivity contribution in [1.29, 1.82) is 0 Å². The summed E-state index contributed by atoms with van der Waals surface area (Å²) in [6.07, 6.45) is 5.60. The minimum Gasteiger partial charge on any atom is -0.493 e. The molecule has 0 N–H and O–H groups in total. The maximum absolute atomic E-state index is 13.0. The third-order valence-corrected chi connectivity index (χ3v) is 5.06. The van der Waals surface area contributed by atoms with Crippen LogP contribution in [-0.2, 0) is 17.9 Å². The number of anilines is 2. The predicted molar refractivity (Wildman–Crippen MR) is 121 cm³/mol. The average molecular weight is 436 g/mol. The second kappa shape index (κ2) is 9.36. The molecule has 9 nitrogen and oxygen atoms in total. The molecule has 2 aromatic rings. The molecule has 0 radical (unpaired) electrons. The lowest BCUT2D eigenvalue weighted by Crippen LogP contribution is -2.42. The van der Waals surface area contributed by atoms with Gasteiger partial charge in [-0.05, 0) is 24.1 Å². The van der Waals surface area contributed by atoms with Crippen LogP contribution in [0.5, 0.6) is 11.5 Å². The number of hydrogen-bond donors (Lipinski definition) is 0. The molecule has 0 bridgehead atoms. The van der Waals surface area contributed by atoms with Crippen molar-refractivity contribution in [2.75, 3.05) is 37.7 Å². The van der Waals surface area contributed by atoms with E-state index < -0.39 is 11.2 Å². The molecule has 0 unspecified atom stereocenters. The van der Waals surface area contributed by atoms with Gasteiger partial charge in [0.1, 0.15) is 12.4 Å². The lowest BCUT2D eigenvalue weighted by molar-refractivity contribution is -0.119. The number of carbonyl (C=O) groups excluding carboxylic acids is 1. The molecule has 1 aliphatic heterocycles. The SMILES string of the molecule is C#CCn1c(=O)c2c(n(CC(=O)CC)c1=O)N(C#Cc1ccc(OC)c(OC)c1)CN2C. The zero-order valence-corrected chi connectivity index (χ0v) is 18.5. The Labute approximate surface area is 185 Å². The van der Waals surface area contributed by atoms with E-state index >= 15 is 0 Å². The van der Waals surface area contributed by atoms with E-state index in [1.54, 1.807) is 49.1 Å². The number of rotatable bonds is 6. The molecule has 2 heterocycles. The van der Waals surface area contributed by atoms with E-state index in [9.17, 15) is 14.4 Å². The van der Waals surface area contributed by atoms with Crippen molar-refractivity contribution in [1.82, 2.24) is 9.13 Å². The minimum atomic E-state index is -0.637. The van der Waals surface area contributed by atoms with E-state index in [1.807, 2.05) is 0 Å². The highest BCUT2D eigenvalue weighted by atomic mass is 16.5. The first-order valence-electron chi connectivity index (χ1n) is 9.91. The fourth-order valence-corrected chi connectivity index (χ4v) is 3.43. The third kappa shape index (κ3) is 4.06. The largest absolute Gasteiger partial charge is 0.493 e. The summed E-state index contributed by atoms with van der Waals surface area (Å²) in [6, 6.07) is 8.23. The van der Waals surface area contributed by atoms with Crippen molar-refractivity contribution in [2.24, 2.45) is 0 Å². The summed E-state index contributed by atoms with van der Waals surface area (Å²) >= 11 is 0. The standard InChI is InChI=1S/C23H24N4O5/c1-6-11-26-22(29)20-21(27(23(26)30)14-17(28)7-2)25(15-24(20)3)12-10-16-8-9-18(31-4)19(13-16)32-5/h1,8-9,13H,7,11,14-15H2,2-5H3. The summed E-state index contributed by atoms with van der Waals surface area (Å²) < 4.78 is 12.8. The molecular formula is C23H24N4O5. The van der Waals surface area contributed by atoms with Crippen molar-refractivity contribution in [3.8, 4) is 35.8 Å². The van der Waals surface area contributed by atoms with Gasteiger partial charge in [0.25, 0.3) is 5.56 Å². The number of terminal acetylenes is 1. The fourth-order valence-electron chi connectivity index (χ4n) is 3.43. The molecule has 0 atom stereocenters. The van der Waals surface area contributed by atoms with Gasteiger partial charge >= 0.3 is 5.69 Å². The summed E-state index contributed by atoms with van der Waals surface area (Å²) in [4.78, 5) is 41.5. The summed E-state index contributed by atoms with van der Waals surface area (Å²) in [5, 5.41) is 0. The first kappa shape index (κ1) is 22.6. The van der Waals surface area contributed by atoms with Crippen LogP contribution in [0.3, 0.4) is 0 Å². The van der Waals surface area contributed by atoms with Crippen molar-refractivity contribution in [2.45, 2.75) is 26.4 Å². The number of benzene rings is 1. The van der Waals surface area contributed by atoms with Crippen molar-refractivity contribution >= 4 is 17.3 Å². The van der Waals surface area contributed by atoms with Crippen LogP contribution in [0.15, 0.2) is 27.8 Å². The van der Waals surface area contributed by atoms with E-state index in [0.717, 1.165) is 4.57 Å². The van der Waals surface area contributed by atoms with Gasteiger partial charge in [-0.3, -0.25) is 19.1 Å². The second-order valence-electron chi connectivity index (χ2n) is 7.10. The van der Waals surface area contributed by atoms with Gasteiger partial charge in [-0.25, -0.2) is 9.36 Å². The maximum Gasteiger partial charge on any atom is 0.333 e. The van der Waals surface area contributed by atoms with Crippen LogP contribution in [0.2, 0.25) is 0 Å². The molecule has 1 aromatic heterocycles. The van der Waals surface area contributed by atoms with Gasteiger partial charge in [0.2, 0.25) is 0 Å². The first-order valence-corrected chi connectivity index (χ1v) is 9.91. The van der Waals surface area contributed by atoms with Crippen LogP contribution in [0.25, 0.3) is 0 Å². The molecule has 0 spiro atoms. The Balaban J connectivity index is 2.15. The van der Waals surface area contributed by atoms with E-state index in [1.165, 1.54) is 11.7 Å². The quantitative estimate of drug-likeness (QED) is 0.621. The molecule has 0 saturated carbocycles. The molecule has 9 heteroatoms. The van der Waals surface area contributed by atoms with Gasteiger partial charge < -0.3 is 14.4 Å². The molecular weight excluding hydrogens is 412 g/mol. The Kier molecular flexibility index (Phi) is 6.60. The Morgan fingerprint density at radius 2 is 1.88 bits per heavy atom. The second-order valence-corrected chi connectivity index (χ2v) is 7.10. The van der Waals surface area contributed by atoms with E-state index in [-0.39, 0.29) is 43.5 Å². The third-order valence-electron chi connectivity index (χ3n) is 5.06. The fraction of sp³-hybridized carbons (Fsp3) is 0.348. The van der Waals surface area contributed by atoms with Crippen LogP contribution in [0.1, 0.15) is 18.9 Å². The number of carbonyl (C=O) groups is 1. The van der Waals surface area contributed by atoms with Crippen LogP contribution >= 0.6 is 0 Å². The van der Waals surface area contributed by atoms with E-state index in [2.05, 4.69) is 17.9 Å². The Morgan fingerprint density at radius 1 is 1.16 bits per heavy atom. The molecule has 0 fully saturated rings. The first-order chi connectivity index (χ1) is 15.4. The summed E-state index contributed by atoms with van der Waals surface area (Å²) in [5.41, 5.74) is -0.230. The molecule has 1 aliphatic rings. The number of nitrogens with zero attached hydrogens (tertiary/aromatic N) is 4. The van der Waals surface area contributed by atoms with Gasteiger partial charge in [-0.15, -0.1) is 6.42 Å². The number of ether oxygens (including phenoxy) is 2. The lowest BCUT2D eigenvalue weighted by Gasteiger charge is -2.17. The number of fused-ring (bicyclic) bond motifs is 1. The summed E-state index contributed by atoms with van der Waals surface area (Å²) in [7, 11) is 4.80.